The molecule has 0 bridgehead atoms. The number of benzene rings is 2. The van der Waals surface area contributed by atoms with Gasteiger partial charge in [0.2, 0.25) is 0 Å². The predicted octanol–water partition coefficient (Wildman–Crippen LogP) is 3.18. The standard InChI is InChI=1S/C17H17NO2/c1-2-20-17(19)16-15(12-8-4-3-5-9-12)13-10-6-7-11-14(13)18-16/h3-11,15-16,18H,2H2,1H3. The van der Waals surface area contributed by atoms with E-state index in [9.17, 15) is 4.79 Å². The van der Waals surface area contributed by atoms with Crippen LogP contribution in [-0.2, 0) is 9.53 Å². The van der Waals surface area contributed by atoms with E-state index in [-0.39, 0.29) is 17.9 Å². The molecule has 1 heterocycles. The van der Waals surface area contributed by atoms with Gasteiger partial charge in [-0.1, -0.05) is 48.5 Å². The van der Waals surface area contributed by atoms with Crippen molar-refractivity contribution in [3.8, 4) is 0 Å². The summed E-state index contributed by atoms with van der Waals surface area (Å²) in [4.78, 5) is 12.2. The van der Waals surface area contributed by atoms with E-state index >= 15 is 0 Å². The Labute approximate surface area is 118 Å². The summed E-state index contributed by atoms with van der Waals surface area (Å²) in [6, 6.07) is 17.8. The third kappa shape index (κ3) is 2.16. The summed E-state index contributed by atoms with van der Waals surface area (Å²) in [5.74, 6) is -0.191. The fraction of sp³-hybridized carbons (Fsp3) is 0.235. The van der Waals surface area contributed by atoms with Gasteiger partial charge in [-0.25, -0.2) is 4.79 Å². The van der Waals surface area contributed by atoms with E-state index in [0.717, 1.165) is 16.8 Å². The van der Waals surface area contributed by atoms with Gasteiger partial charge in [0, 0.05) is 11.6 Å². The smallest absolute Gasteiger partial charge is 0.329 e. The highest BCUT2D eigenvalue weighted by Gasteiger charge is 2.38. The number of anilines is 1. The Balaban J connectivity index is 2.03. The van der Waals surface area contributed by atoms with Gasteiger partial charge in [-0.15, -0.1) is 0 Å². The summed E-state index contributed by atoms with van der Waals surface area (Å²) in [6.07, 6.45) is 0. The van der Waals surface area contributed by atoms with Crippen molar-refractivity contribution in [2.24, 2.45) is 0 Å². The normalized spacial score (nSPS) is 20.1. The van der Waals surface area contributed by atoms with Gasteiger partial charge < -0.3 is 10.1 Å². The SMILES string of the molecule is CCOC(=O)C1Nc2ccccc2C1c1ccccc1. The Kier molecular flexibility index (Phi) is 3.42. The van der Waals surface area contributed by atoms with Crippen LogP contribution in [0.15, 0.2) is 54.6 Å². The number of ether oxygens (including phenoxy) is 1. The molecule has 0 radical (unpaired) electrons. The first kappa shape index (κ1) is 12.7. The summed E-state index contributed by atoms with van der Waals surface area (Å²) in [5.41, 5.74) is 3.29. The monoisotopic (exact) mass is 267 g/mol. The molecular weight excluding hydrogens is 250 g/mol. The first-order chi connectivity index (χ1) is 9.81. The maximum atomic E-state index is 12.2. The van der Waals surface area contributed by atoms with E-state index in [1.165, 1.54) is 0 Å². The molecule has 1 aliphatic rings. The van der Waals surface area contributed by atoms with Crippen LogP contribution >= 0.6 is 0 Å². The van der Waals surface area contributed by atoms with Crippen LogP contribution in [0.5, 0.6) is 0 Å². The summed E-state index contributed by atoms with van der Waals surface area (Å²) in [5, 5.41) is 3.29. The fourth-order valence-corrected chi connectivity index (χ4v) is 2.79. The van der Waals surface area contributed by atoms with Crippen LogP contribution < -0.4 is 5.32 Å². The second kappa shape index (κ2) is 5.37. The van der Waals surface area contributed by atoms with Gasteiger partial charge in [-0.3, -0.25) is 0 Å². The third-order valence-electron chi connectivity index (χ3n) is 3.64. The van der Waals surface area contributed by atoms with Crippen LogP contribution in [0.1, 0.15) is 24.0 Å². The molecule has 3 heteroatoms. The van der Waals surface area contributed by atoms with Crippen molar-refractivity contribution in [1.82, 2.24) is 0 Å². The highest BCUT2D eigenvalue weighted by molar-refractivity contribution is 5.85. The Hall–Kier alpha value is -2.29. The maximum absolute atomic E-state index is 12.2. The maximum Gasteiger partial charge on any atom is 0.329 e. The van der Waals surface area contributed by atoms with Crippen LogP contribution in [0.4, 0.5) is 5.69 Å². The summed E-state index contributed by atoms with van der Waals surface area (Å²) >= 11 is 0. The number of rotatable bonds is 3. The number of esters is 1. The van der Waals surface area contributed by atoms with Crippen molar-refractivity contribution in [2.75, 3.05) is 11.9 Å². The molecule has 1 N–H and O–H groups in total. The molecular formula is C17H17NO2. The Morgan fingerprint density at radius 2 is 1.80 bits per heavy atom. The number of para-hydroxylation sites is 1. The number of carbonyl (C=O) groups excluding carboxylic acids is 1. The zero-order valence-electron chi connectivity index (χ0n) is 11.4. The van der Waals surface area contributed by atoms with Crippen molar-refractivity contribution in [2.45, 2.75) is 18.9 Å². The van der Waals surface area contributed by atoms with E-state index in [2.05, 4.69) is 23.5 Å². The molecule has 20 heavy (non-hydrogen) atoms. The van der Waals surface area contributed by atoms with Crippen molar-refractivity contribution in [1.29, 1.82) is 0 Å². The molecule has 3 nitrogen and oxygen atoms in total. The molecule has 2 unspecified atom stereocenters. The second-order valence-corrected chi connectivity index (χ2v) is 4.85. The first-order valence-electron chi connectivity index (χ1n) is 6.88. The lowest BCUT2D eigenvalue weighted by Gasteiger charge is -2.19. The minimum absolute atomic E-state index is 0.00597. The van der Waals surface area contributed by atoms with Crippen molar-refractivity contribution < 1.29 is 9.53 Å². The largest absolute Gasteiger partial charge is 0.464 e. The van der Waals surface area contributed by atoms with E-state index in [4.69, 9.17) is 4.74 Å². The predicted molar refractivity (Wildman–Crippen MR) is 78.8 cm³/mol. The van der Waals surface area contributed by atoms with Gasteiger partial charge in [0.05, 0.1) is 6.61 Å². The summed E-state index contributed by atoms with van der Waals surface area (Å²) in [7, 11) is 0. The molecule has 2 atom stereocenters. The minimum Gasteiger partial charge on any atom is -0.464 e. The first-order valence-corrected chi connectivity index (χ1v) is 6.88. The lowest BCUT2D eigenvalue weighted by molar-refractivity contribution is -0.144. The molecule has 2 aromatic carbocycles. The molecule has 2 aromatic rings. The molecule has 3 rings (SSSR count). The van der Waals surface area contributed by atoms with Gasteiger partial charge in [0.25, 0.3) is 0 Å². The quantitative estimate of drug-likeness (QED) is 0.868. The van der Waals surface area contributed by atoms with Crippen LogP contribution in [0.25, 0.3) is 0 Å². The molecule has 0 aromatic heterocycles. The minimum atomic E-state index is -0.352. The number of nitrogens with one attached hydrogen (secondary N) is 1. The molecule has 102 valence electrons. The topological polar surface area (TPSA) is 38.3 Å². The van der Waals surface area contributed by atoms with Crippen LogP contribution in [0.3, 0.4) is 0 Å². The number of hydrogen-bond donors (Lipinski definition) is 1. The summed E-state index contributed by atoms with van der Waals surface area (Å²) in [6.45, 7) is 2.23. The molecule has 0 saturated heterocycles. The average molecular weight is 267 g/mol. The molecule has 1 aliphatic heterocycles. The van der Waals surface area contributed by atoms with Crippen molar-refractivity contribution in [3.05, 3.63) is 65.7 Å². The van der Waals surface area contributed by atoms with E-state index in [1.807, 2.05) is 43.3 Å². The molecule has 0 amide bonds. The average Bonchev–Trinajstić information content (AvgIpc) is 2.88. The third-order valence-corrected chi connectivity index (χ3v) is 3.64. The number of carbonyl (C=O) groups is 1. The van der Waals surface area contributed by atoms with Crippen LogP contribution in [0.2, 0.25) is 0 Å². The van der Waals surface area contributed by atoms with Crippen molar-refractivity contribution >= 4 is 11.7 Å². The number of hydrogen-bond acceptors (Lipinski definition) is 3. The Bertz CT molecular complexity index is 609. The number of fused-ring (bicyclic) bond motifs is 1. The van der Waals surface area contributed by atoms with Gasteiger partial charge in [-0.05, 0) is 24.1 Å². The van der Waals surface area contributed by atoms with Gasteiger partial charge in [-0.2, -0.15) is 0 Å². The molecule has 0 spiro atoms. The van der Waals surface area contributed by atoms with E-state index in [1.54, 1.807) is 0 Å². The summed E-state index contributed by atoms with van der Waals surface area (Å²) < 4.78 is 5.21. The Morgan fingerprint density at radius 3 is 2.55 bits per heavy atom. The fourth-order valence-electron chi connectivity index (χ4n) is 2.79. The van der Waals surface area contributed by atoms with Crippen LogP contribution in [-0.4, -0.2) is 18.6 Å². The molecule has 0 aliphatic carbocycles. The zero-order valence-corrected chi connectivity index (χ0v) is 11.4. The highest BCUT2D eigenvalue weighted by atomic mass is 16.5. The van der Waals surface area contributed by atoms with Gasteiger partial charge in [0.1, 0.15) is 6.04 Å². The van der Waals surface area contributed by atoms with E-state index in [0.29, 0.717) is 6.61 Å². The highest BCUT2D eigenvalue weighted by Crippen LogP contribution is 2.40. The zero-order chi connectivity index (χ0) is 13.9. The van der Waals surface area contributed by atoms with Gasteiger partial charge >= 0.3 is 5.97 Å². The lowest BCUT2D eigenvalue weighted by Crippen LogP contribution is -2.33. The second-order valence-electron chi connectivity index (χ2n) is 4.85. The van der Waals surface area contributed by atoms with E-state index < -0.39 is 0 Å². The lowest BCUT2D eigenvalue weighted by atomic mass is 9.88. The molecule has 0 saturated carbocycles. The van der Waals surface area contributed by atoms with Crippen LogP contribution in [0, 0.1) is 0 Å². The Morgan fingerprint density at radius 1 is 1.10 bits per heavy atom. The molecule has 0 fully saturated rings. The van der Waals surface area contributed by atoms with Gasteiger partial charge in [0.15, 0.2) is 0 Å². The van der Waals surface area contributed by atoms with Crippen molar-refractivity contribution in [3.63, 3.8) is 0 Å².